The van der Waals surface area contributed by atoms with Crippen molar-refractivity contribution in [2.24, 2.45) is 5.73 Å². The number of rotatable bonds is 6. The Labute approximate surface area is 154 Å². The SMILES string of the molecule is CCn1cc(-c2c(-c3ccco3)nc(N)c(C(N)=O)c2CCF)ccc1=O. The molecule has 1 amide bonds. The molecule has 4 N–H and O–H groups in total. The number of amides is 1. The third-order valence-electron chi connectivity index (χ3n) is 4.29. The number of carbonyl (C=O) groups excluding carboxylic acids is 1. The molecule has 0 aliphatic rings. The lowest BCUT2D eigenvalue weighted by Gasteiger charge is -2.18. The van der Waals surface area contributed by atoms with Crippen LogP contribution in [0.1, 0.15) is 22.8 Å². The number of nitrogens with zero attached hydrogens (tertiary/aromatic N) is 2. The second-order valence-electron chi connectivity index (χ2n) is 5.90. The van der Waals surface area contributed by atoms with Crippen LogP contribution in [-0.4, -0.2) is 22.1 Å². The number of alkyl halides is 1. The van der Waals surface area contributed by atoms with Gasteiger partial charge in [-0.3, -0.25) is 14.0 Å². The second-order valence-corrected chi connectivity index (χ2v) is 5.90. The van der Waals surface area contributed by atoms with Gasteiger partial charge in [0.1, 0.15) is 11.5 Å². The van der Waals surface area contributed by atoms with E-state index in [2.05, 4.69) is 4.98 Å². The largest absolute Gasteiger partial charge is 0.463 e. The summed E-state index contributed by atoms with van der Waals surface area (Å²) in [6, 6.07) is 6.37. The lowest BCUT2D eigenvalue weighted by atomic mass is 9.92. The van der Waals surface area contributed by atoms with Gasteiger partial charge in [-0.2, -0.15) is 0 Å². The Bertz CT molecular complexity index is 1040. The maximum Gasteiger partial charge on any atom is 0.252 e. The molecule has 3 heterocycles. The average Bonchev–Trinajstić information content (AvgIpc) is 3.16. The topological polar surface area (TPSA) is 117 Å². The molecule has 0 aliphatic heterocycles. The van der Waals surface area contributed by atoms with Crippen LogP contribution < -0.4 is 17.0 Å². The number of aromatic nitrogens is 2. The molecular formula is C19H19FN4O3. The molecule has 3 rings (SSSR count). The average molecular weight is 370 g/mol. The molecule has 0 saturated carbocycles. The van der Waals surface area contributed by atoms with Crippen molar-refractivity contribution in [3.63, 3.8) is 0 Å². The van der Waals surface area contributed by atoms with Gasteiger partial charge >= 0.3 is 0 Å². The molecule has 0 radical (unpaired) electrons. The zero-order valence-electron chi connectivity index (χ0n) is 14.7. The Hall–Kier alpha value is -3.42. The Kier molecular flexibility index (Phi) is 5.07. The van der Waals surface area contributed by atoms with Gasteiger partial charge < -0.3 is 20.5 Å². The predicted octanol–water partition coefficient (Wildman–Crippen LogP) is 2.38. The fourth-order valence-corrected chi connectivity index (χ4v) is 3.10. The quantitative estimate of drug-likeness (QED) is 0.691. The molecular weight excluding hydrogens is 351 g/mol. The van der Waals surface area contributed by atoms with Crippen LogP contribution >= 0.6 is 0 Å². The summed E-state index contributed by atoms with van der Waals surface area (Å²) in [7, 11) is 0. The summed E-state index contributed by atoms with van der Waals surface area (Å²) in [4.78, 5) is 28.2. The highest BCUT2D eigenvalue weighted by Crippen LogP contribution is 2.37. The van der Waals surface area contributed by atoms with Gasteiger partial charge in [-0.05, 0) is 30.7 Å². The van der Waals surface area contributed by atoms with Crippen LogP contribution in [0.5, 0.6) is 0 Å². The van der Waals surface area contributed by atoms with Gasteiger partial charge in [-0.25, -0.2) is 4.98 Å². The van der Waals surface area contributed by atoms with E-state index in [0.29, 0.717) is 34.7 Å². The summed E-state index contributed by atoms with van der Waals surface area (Å²) in [6.07, 6.45) is 3.02. The first-order chi connectivity index (χ1) is 13.0. The van der Waals surface area contributed by atoms with Gasteiger partial charge in [-0.15, -0.1) is 0 Å². The van der Waals surface area contributed by atoms with Crippen LogP contribution in [0.15, 0.2) is 45.9 Å². The number of carbonyl (C=O) groups is 1. The van der Waals surface area contributed by atoms with Crippen molar-refractivity contribution >= 4 is 11.7 Å². The van der Waals surface area contributed by atoms with Gasteiger partial charge in [0, 0.05) is 36.4 Å². The van der Waals surface area contributed by atoms with Crippen LogP contribution in [-0.2, 0) is 13.0 Å². The number of hydrogen-bond donors (Lipinski definition) is 2. The number of pyridine rings is 2. The van der Waals surface area contributed by atoms with Crippen LogP contribution in [0.4, 0.5) is 10.2 Å². The molecule has 3 aromatic heterocycles. The molecule has 0 saturated heterocycles. The molecule has 0 atom stereocenters. The highest BCUT2D eigenvalue weighted by molar-refractivity contribution is 6.02. The summed E-state index contributed by atoms with van der Waals surface area (Å²) < 4.78 is 20.3. The predicted molar refractivity (Wildman–Crippen MR) is 99.9 cm³/mol. The minimum Gasteiger partial charge on any atom is -0.463 e. The first-order valence-electron chi connectivity index (χ1n) is 8.40. The van der Waals surface area contributed by atoms with Crippen molar-refractivity contribution in [2.75, 3.05) is 12.4 Å². The van der Waals surface area contributed by atoms with E-state index in [0.717, 1.165) is 0 Å². The van der Waals surface area contributed by atoms with Gasteiger partial charge in [0.15, 0.2) is 5.76 Å². The monoisotopic (exact) mass is 370 g/mol. The molecule has 8 heteroatoms. The summed E-state index contributed by atoms with van der Waals surface area (Å²) in [5.74, 6) is -0.480. The maximum atomic E-state index is 13.3. The first-order valence-corrected chi connectivity index (χ1v) is 8.40. The fourth-order valence-electron chi connectivity index (χ4n) is 3.10. The maximum absolute atomic E-state index is 13.3. The van der Waals surface area contributed by atoms with Crippen LogP contribution in [0.2, 0.25) is 0 Å². The van der Waals surface area contributed by atoms with Crippen molar-refractivity contribution in [3.8, 4) is 22.6 Å². The highest BCUT2D eigenvalue weighted by atomic mass is 19.1. The van der Waals surface area contributed by atoms with E-state index < -0.39 is 12.6 Å². The molecule has 0 fully saturated rings. The van der Waals surface area contributed by atoms with Crippen molar-refractivity contribution in [3.05, 3.63) is 58.2 Å². The minimum atomic E-state index is -0.792. The van der Waals surface area contributed by atoms with E-state index in [9.17, 15) is 14.0 Å². The first kappa shape index (κ1) is 18.4. The number of hydrogen-bond acceptors (Lipinski definition) is 5. The molecule has 140 valence electrons. The molecule has 0 unspecified atom stereocenters. The molecule has 7 nitrogen and oxygen atoms in total. The van der Waals surface area contributed by atoms with Gasteiger partial charge in [0.25, 0.3) is 11.5 Å². The van der Waals surface area contributed by atoms with E-state index in [1.165, 1.54) is 16.9 Å². The van der Waals surface area contributed by atoms with Crippen molar-refractivity contribution in [1.29, 1.82) is 0 Å². The zero-order chi connectivity index (χ0) is 19.6. The third kappa shape index (κ3) is 3.33. The van der Waals surface area contributed by atoms with E-state index >= 15 is 0 Å². The second kappa shape index (κ2) is 7.45. The van der Waals surface area contributed by atoms with Gasteiger partial charge in [-0.1, -0.05) is 0 Å². The normalized spacial score (nSPS) is 10.9. The minimum absolute atomic E-state index is 0.0211. The third-order valence-corrected chi connectivity index (χ3v) is 4.29. The number of primary amides is 1. The Balaban J connectivity index is 2.43. The molecule has 3 aromatic rings. The number of halogens is 1. The summed E-state index contributed by atoms with van der Waals surface area (Å²) in [5, 5.41) is 0. The lowest BCUT2D eigenvalue weighted by molar-refractivity contribution is 0.1000. The van der Waals surface area contributed by atoms with E-state index in [4.69, 9.17) is 15.9 Å². The number of nitrogen functional groups attached to an aromatic ring is 1. The smallest absolute Gasteiger partial charge is 0.252 e. The van der Waals surface area contributed by atoms with Gasteiger partial charge in [0.2, 0.25) is 0 Å². The van der Waals surface area contributed by atoms with Crippen LogP contribution in [0.25, 0.3) is 22.6 Å². The standard InChI is InChI=1S/C19H19FN4O3/c1-2-24-10-11(5-6-14(24)25)15-12(7-8-20)16(19(22)26)18(21)23-17(15)13-4-3-9-27-13/h3-6,9-10H,2,7-8H2,1H3,(H2,21,23)(H2,22,26). The highest BCUT2D eigenvalue weighted by Gasteiger charge is 2.25. The molecule has 0 spiro atoms. The fraction of sp³-hybridized carbons (Fsp3) is 0.211. The summed E-state index contributed by atoms with van der Waals surface area (Å²) in [6.45, 7) is 1.56. The van der Waals surface area contributed by atoms with Crippen molar-refractivity contribution in [2.45, 2.75) is 19.9 Å². The number of anilines is 1. The van der Waals surface area contributed by atoms with E-state index in [-0.39, 0.29) is 23.4 Å². The van der Waals surface area contributed by atoms with Gasteiger partial charge in [0.05, 0.1) is 18.5 Å². The lowest BCUT2D eigenvalue weighted by Crippen LogP contribution is -2.20. The van der Waals surface area contributed by atoms with Crippen LogP contribution in [0.3, 0.4) is 0 Å². The summed E-state index contributed by atoms with van der Waals surface area (Å²) >= 11 is 0. The Morgan fingerprint density at radius 1 is 1.33 bits per heavy atom. The number of aryl methyl sites for hydroxylation is 1. The Morgan fingerprint density at radius 2 is 2.11 bits per heavy atom. The Morgan fingerprint density at radius 3 is 2.70 bits per heavy atom. The summed E-state index contributed by atoms with van der Waals surface area (Å²) in [5.41, 5.74) is 13.0. The molecule has 27 heavy (non-hydrogen) atoms. The molecule has 0 bridgehead atoms. The molecule has 0 aromatic carbocycles. The van der Waals surface area contributed by atoms with Crippen molar-refractivity contribution < 1.29 is 13.6 Å². The van der Waals surface area contributed by atoms with Crippen molar-refractivity contribution in [1.82, 2.24) is 9.55 Å². The van der Waals surface area contributed by atoms with Crippen LogP contribution in [0, 0.1) is 0 Å². The number of furan rings is 1. The number of nitrogens with two attached hydrogens (primary N) is 2. The van der Waals surface area contributed by atoms with E-state index in [1.807, 2.05) is 6.92 Å². The zero-order valence-corrected chi connectivity index (χ0v) is 14.7. The molecule has 0 aliphatic carbocycles. The van der Waals surface area contributed by atoms with E-state index in [1.54, 1.807) is 24.4 Å².